The van der Waals surface area contributed by atoms with Gasteiger partial charge in [-0.15, -0.1) is 0 Å². The molecule has 1 aromatic carbocycles. The van der Waals surface area contributed by atoms with Gasteiger partial charge in [0.1, 0.15) is 5.75 Å². The summed E-state index contributed by atoms with van der Waals surface area (Å²) in [6, 6.07) is 5.48. The molecule has 0 aliphatic heterocycles. The zero-order valence-electron chi connectivity index (χ0n) is 11.4. The Labute approximate surface area is 111 Å². The average molecular weight is 260 g/mol. The fourth-order valence-corrected chi connectivity index (χ4v) is 2.24. The summed E-state index contributed by atoms with van der Waals surface area (Å²) in [4.78, 5) is 11.0. The Bertz CT molecular complexity index is 644. The van der Waals surface area contributed by atoms with Crippen LogP contribution in [-0.4, -0.2) is 28.0 Å². The summed E-state index contributed by atoms with van der Waals surface area (Å²) in [6.07, 6.45) is 0. The van der Waals surface area contributed by atoms with Gasteiger partial charge in [0.15, 0.2) is 5.69 Å². The molecule has 0 atom stereocenters. The van der Waals surface area contributed by atoms with Crippen LogP contribution in [0.25, 0.3) is 11.3 Å². The van der Waals surface area contributed by atoms with Gasteiger partial charge in [0.05, 0.1) is 12.8 Å². The molecule has 0 unspecified atom stereocenters. The average Bonchev–Trinajstić information content (AvgIpc) is 2.72. The van der Waals surface area contributed by atoms with Crippen LogP contribution in [0.2, 0.25) is 0 Å². The minimum atomic E-state index is -1.03. The molecule has 0 aliphatic carbocycles. The maximum Gasteiger partial charge on any atom is 0.356 e. The lowest BCUT2D eigenvalue weighted by molar-refractivity contribution is 0.0689. The van der Waals surface area contributed by atoms with Crippen molar-refractivity contribution in [3.05, 3.63) is 35.0 Å². The molecule has 2 rings (SSSR count). The third-order valence-electron chi connectivity index (χ3n) is 3.18. The van der Waals surface area contributed by atoms with Crippen molar-refractivity contribution in [2.24, 2.45) is 7.05 Å². The minimum Gasteiger partial charge on any atom is -0.496 e. The zero-order valence-corrected chi connectivity index (χ0v) is 11.4. The van der Waals surface area contributed by atoms with Crippen LogP contribution in [0.4, 0.5) is 0 Å². The van der Waals surface area contributed by atoms with Crippen molar-refractivity contribution in [1.82, 2.24) is 9.78 Å². The maximum atomic E-state index is 11.0. The predicted octanol–water partition coefficient (Wildman–Crippen LogP) is 2.41. The molecule has 5 heteroatoms. The Morgan fingerprint density at radius 3 is 2.58 bits per heavy atom. The molecule has 2 aromatic rings. The van der Waals surface area contributed by atoms with Crippen LogP contribution in [0.3, 0.4) is 0 Å². The minimum absolute atomic E-state index is 0.0384. The van der Waals surface area contributed by atoms with Crippen molar-refractivity contribution in [2.75, 3.05) is 7.11 Å². The summed E-state index contributed by atoms with van der Waals surface area (Å²) < 4.78 is 6.96. The third-order valence-corrected chi connectivity index (χ3v) is 3.18. The molecular weight excluding hydrogens is 244 g/mol. The van der Waals surface area contributed by atoms with Crippen molar-refractivity contribution in [1.29, 1.82) is 0 Å². The van der Waals surface area contributed by atoms with E-state index in [1.165, 1.54) is 0 Å². The number of hydrogen-bond donors (Lipinski definition) is 1. The first kappa shape index (κ1) is 13.1. The molecule has 1 heterocycles. The summed E-state index contributed by atoms with van der Waals surface area (Å²) >= 11 is 0. The topological polar surface area (TPSA) is 64.3 Å². The van der Waals surface area contributed by atoms with Crippen molar-refractivity contribution in [2.45, 2.75) is 13.8 Å². The lowest BCUT2D eigenvalue weighted by Gasteiger charge is -2.13. The van der Waals surface area contributed by atoms with Crippen molar-refractivity contribution in [3.8, 4) is 17.0 Å². The fourth-order valence-electron chi connectivity index (χ4n) is 2.24. The van der Waals surface area contributed by atoms with Gasteiger partial charge in [-0.3, -0.25) is 4.68 Å². The molecule has 0 radical (unpaired) electrons. The standard InChI is InChI=1S/C14H16N2O3/c1-8-5-6-10(9(2)13(8)19-4)12-7-11(14(17)18)15-16(12)3/h5-7H,1-4H3,(H,17,18). The highest BCUT2D eigenvalue weighted by atomic mass is 16.5. The van der Waals surface area contributed by atoms with Crippen molar-refractivity contribution >= 4 is 5.97 Å². The van der Waals surface area contributed by atoms with Gasteiger partial charge in [0.2, 0.25) is 0 Å². The highest BCUT2D eigenvalue weighted by molar-refractivity contribution is 5.87. The number of aryl methyl sites for hydroxylation is 2. The van der Waals surface area contributed by atoms with Crippen molar-refractivity contribution in [3.63, 3.8) is 0 Å². The van der Waals surface area contributed by atoms with E-state index >= 15 is 0 Å². The van der Waals surface area contributed by atoms with Crippen LogP contribution in [0.5, 0.6) is 5.75 Å². The van der Waals surface area contributed by atoms with Gasteiger partial charge in [0, 0.05) is 18.2 Å². The Kier molecular flexibility index (Phi) is 3.29. The number of benzene rings is 1. The molecular formula is C14H16N2O3. The van der Waals surface area contributed by atoms with Gasteiger partial charge < -0.3 is 9.84 Å². The number of nitrogens with zero attached hydrogens (tertiary/aromatic N) is 2. The van der Waals surface area contributed by atoms with E-state index in [1.807, 2.05) is 26.0 Å². The number of carboxylic acid groups (broad SMARTS) is 1. The van der Waals surface area contributed by atoms with E-state index in [0.29, 0.717) is 0 Å². The number of rotatable bonds is 3. The molecule has 1 N–H and O–H groups in total. The largest absolute Gasteiger partial charge is 0.496 e. The Balaban J connectivity index is 2.62. The zero-order chi connectivity index (χ0) is 14.2. The molecule has 0 amide bonds. The van der Waals surface area contributed by atoms with Gasteiger partial charge in [0.25, 0.3) is 0 Å². The molecule has 5 nitrogen and oxygen atoms in total. The first-order valence-corrected chi connectivity index (χ1v) is 5.87. The molecule has 100 valence electrons. The Hall–Kier alpha value is -2.30. The van der Waals surface area contributed by atoms with Crippen LogP contribution in [0.15, 0.2) is 18.2 Å². The molecule has 0 spiro atoms. The number of ether oxygens (including phenoxy) is 1. The number of aromatic carboxylic acids is 1. The number of carbonyl (C=O) groups is 1. The lowest BCUT2D eigenvalue weighted by Crippen LogP contribution is -2.00. The van der Waals surface area contributed by atoms with E-state index < -0.39 is 5.97 Å². The number of methoxy groups -OCH3 is 1. The van der Waals surface area contributed by atoms with E-state index in [1.54, 1.807) is 24.9 Å². The molecule has 19 heavy (non-hydrogen) atoms. The highest BCUT2D eigenvalue weighted by Gasteiger charge is 2.16. The molecule has 0 saturated heterocycles. The first-order valence-electron chi connectivity index (χ1n) is 5.87. The van der Waals surface area contributed by atoms with E-state index in [0.717, 1.165) is 28.1 Å². The van der Waals surface area contributed by atoms with E-state index in [4.69, 9.17) is 9.84 Å². The number of hydrogen-bond acceptors (Lipinski definition) is 3. The quantitative estimate of drug-likeness (QED) is 0.920. The first-order chi connectivity index (χ1) is 8.95. The van der Waals surface area contributed by atoms with Crippen LogP contribution < -0.4 is 4.74 Å². The summed E-state index contributed by atoms with van der Waals surface area (Å²) in [5, 5.41) is 13.0. The monoisotopic (exact) mass is 260 g/mol. The number of carboxylic acids is 1. The molecule has 0 fully saturated rings. The lowest BCUT2D eigenvalue weighted by atomic mass is 10.0. The van der Waals surface area contributed by atoms with Gasteiger partial charge in [-0.1, -0.05) is 12.1 Å². The fraction of sp³-hybridized carbons (Fsp3) is 0.286. The van der Waals surface area contributed by atoms with Gasteiger partial charge in [-0.05, 0) is 25.5 Å². The normalized spacial score (nSPS) is 10.5. The van der Waals surface area contributed by atoms with Crippen molar-refractivity contribution < 1.29 is 14.6 Å². The molecule has 0 aliphatic rings. The van der Waals surface area contributed by atoms with Crippen LogP contribution in [0.1, 0.15) is 21.6 Å². The highest BCUT2D eigenvalue weighted by Crippen LogP contribution is 2.32. The molecule has 0 bridgehead atoms. The number of aromatic nitrogens is 2. The van der Waals surface area contributed by atoms with Gasteiger partial charge in [-0.2, -0.15) is 5.10 Å². The van der Waals surface area contributed by atoms with Gasteiger partial charge in [-0.25, -0.2) is 4.79 Å². The van der Waals surface area contributed by atoms with E-state index in [9.17, 15) is 4.79 Å². The predicted molar refractivity (Wildman–Crippen MR) is 71.6 cm³/mol. The van der Waals surface area contributed by atoms with Gasteiger partial charge >= 0.3 is 5.97 Å². The second-order valence-electron chi connectivity index (χ2n) is 4.43. The Morgan fingerprint density at radius 1 is 1.37 bits per heavy atom. The Morgan fingerprint density at radius 2 is 2.05 bits per heavy atom. The second-order valence-corrected chi connectivity index (χ2v) is 4.43. The van der Waals surface area contributed by atoms with Crippen LogP contribution in [0, 0.1) is 13.8 Å². The van der Waals surface area contributed by atoms with Crippen LogP contribution in [-0.2, 0) is 7.05 Å². The van der Waals surface area contributed by atoms with Crippen LogP contribution >= 0.6 is 0 Å². The second kappa shape index (κ2) is 4.76. The summed E-state index contributed by atoms with van der Waals surface area (Å²) in [5.74, 6) is -0.214. The molecule has 0 saturated carbocycles. The molecule has 1 aromatic heterocycles. The summed E-state index contributed by atoms with van der Waals surface area (Å²) in [5.41, 5.74) is 3.74. The maximum absolute atomic E-state index is 11.0. The van der Waals surface area contributed by atoms with E-state index in [2.05, 4.69) is 5.10 Å². The SMILES string of the molecule is COc1c(C)ccc(-c2cc(C(=O)O)nn2C)c1C. The summed E-state index contributed by atoms with van der Waals surface area (Å²) in [6.45, 7) is 3.93. The summed E-state index contributed by atoms with van der Waals surface area (Å²) in [7, 11) is 3.36. The van der Waals surface area contributed by atoms with E-state index in [-0.39, 0.29) is 5.69 Å². The smallest absolute Gasteiger partial charge is 0.356 e. The third kappa shape index (κ3) is 2.19.